The number of carbonyl (C=O) groups excluding carboxylic acids is 2. The number of nitrogens with two attached hydrogens (primary N) is 1. The summed E-state index contributed by atoms with van der Waals surface area (Å²) in [5.74, 6) is -0.0313. The van der Waals surface area contributed by atoms with E-state index in [0.29, 0.717) is 23.8 Å². The Bertz CT molecular complexity index is 909. The first-order valence-electron chi connectivity index (χ1n) is 8.01. The van der Waals surface area contributed by atoms with Crippen LogP contribution in [0.4, 0.5) is 10.8 Å². The number of carbonyl (C=O) groups is 2. The number of thiazole rings is 1. The van der Waals surface area contributed by atoms with Crippen molar-refractivity contribution in [2.24, 2.45) is 0 Å². The van der Waals surface area contributed by atoms with E-state index in [1.165, 1.54) is 11.3 Å². The van der Waals surface area contributed by atoms with Gasteiger partial charge in [-0.15, -0.1) is 11.3 Å². The fourth-order valence-corrected chi connectivity index (χ4v) is 3.05. The molecule has 0 saturated carbocycles. The number of fused-ring (bicyclic) bond motifs is 1. The highest BCUT2D eigenvalue weighted by molar-refractivity contribution is 7.13. The fraction of sp³-hybridized carbons (Fsp3) is 0.105. The molecule has 1 aromatic heterocycles. The third-order valence-electron chi connectivity index (χ3n) is 3.70. The van der Waals surface area contributed by atoms with Crippen molar-refractivity contribution in [2.75, 3.05) is 11.1 Å². The Hall–Kier alpha value is -3.19. The Labute approximate surface area is 155 Å². The zero-order valence-corrected chi connectivity index (χ0v) is 14.8. The number of nitrogens with one attached hydrogen (secondary N) is 2. The molecular weight excluding hydrogens is 348 g/mol. The van der Waals surface area contributed by atoms with E-state index < -0.39 is 0 Å². The maximum Gasteiger partial charge on any atom is 0.251 e. The van der Waals surface area contributed by atoms with E-state index in [9.17, 15) is 9.59 Å². The van der Waals surface area contributed by atoms with Gasteiger partial charge in [-0.1, -0.05) is 30.3 Å². The molecule has 2 aromatic carbocycles. The molecule has 0 aliphatic carbocycles. The van der Waals surface area contributed by atoms with Crippen molar-refractivity contribution in [3.05, 3.63) is 76.8 Å². The van der Waals surface area contributed by atoms with E-state index >= 15 is 0 Å². The van der Waals surface area contributed by atoms with Gasteiger partial charge in [0.25, 0.3) is 5.91 Å². The van der Waals surface area contributed by atoms with Gasteiger partial charge in [0.2, 0.25) is 5.91 Å². The predicted octanol–water partition coefficient (Wildman–Crippen LogP) is 2.84. The van der Waals surface area contributed by atoms with Crippen LogP contribution >= 0.6 is 11.3 Å². The van der Waals surface area contributed by atoms with Crippen LogP contribution in [0.25, 0.3) is 0 Å². The SMILES string of the molecule is Nc1cccc(CC(=O)Nc2nccs2)c1.O=C1NCc2ccccc21. The molecule has 0 atom stereocenters. The molecular formula is C19H18N4O2S. The third kappa shape index (κ3) is 4.67. The zero-order valence-electron chi connectivity index (χ0n) is 13.9. The first kappa shape index (κ1) is 17.6. The summed E-state index contributed by atoms with van der Waals surface area (Å²) in [5, 5.41) is 7.90. The molecule has 26 heavy (non-hydrogen) atoms. The Kier molecular flexibility index (Phi) is 5.60. The average molecular weight is 366 g/mol. The zero-order chi connectivity index (χ0) is 18.4. The number of amides is 2. The van der Waals surface area contributed by atoms with Crippen LogP contribution in [-0.2, 0) is 17.8 Å². The molecule has 6 nitrogen and oxygen atoms in total. The van der Waals surface area contributed by atoms with Crippen LogP contribution < -0.4 is 16.4 Å². The van der Waals surface area contributed by atoms with Gasteiger partial charge in [0.05, 0.1) is 6.42 Å². The van der Waals surface area contributed by atoms with Crippen molar-refractivity contribution in [1.82, 2.24) is 10.3 Å². The first-order chi connectivity index (χ1) is 12.6. The third-order valence-corrected chi connectivity index (χ3v) is 4.38. The smallest absolute Gasteiger partial charge is 0.251 e. The van der Waals surface area contributed by atoms with Crippen LogP contribution in [0.5, 0.6) is 0 Å². The van der Waals surface area contributed by atoms with Crippen LogP contribution in [0, 0.1) is 0 Å². The average Bonchev–Trinajstić information content (AvgIpc) is 3.26. The van der Waals surface area contributed by atoms with Crippen LogP contribution in [0.3, 0.4) is 0 Å². The second kappa shape index (κ2) is 8.26. The Balaban J connectivity index is 0.000000167. The van der Waals surface area contributed by atoms with Gasteiger partial charge >= 0.3 is 0 Å². The molecule has 0 radical (unpaired) electrons. The molecule has 1 aliphatic heterocycles. The normalized spacial score (nSPS) is 11.8. The number of hydrogen-bond acceptors (Lipinski definition) is 5. The maximum absolute atomic E-state index is 11.6. The van der Waals surface area contributed by atoms with E-state index in [-0.39, 0.29) is 11.8 Å². The number of nitrogens with zero attached hydrogens (tertiary/aromatic N) is 1. The number of hydrogen-bond donors (Lipinski definition) is 3. The van der Waals surface area contributed by atoms with Crippen molar-refractivity contribution in [2.45, 2.75) is 13.0 Å². The van der Waals surface area contributed by atoms with Crippen LogP contribution in [0.2, 0.25) is 0 Å². The van der Waals surface area contributed by atoms with Crippen LogP contribution in [0.1, 0.15) is 21.5 Å². The topological polar surface area (TPSA) is 97.1 Å². The lowest BCUT2D eigenvalue weighted by Crippen LogP contribution is -2.14. The van der Waals surface area contributed by atoms with Crippen molar-refractivity contribution < 1.29 is 9.59 Å². The highest BCUT2D eigenvalue weighted by atomic mass is 32.1. The monoisotopic (exact) mass is 366 g/mol. The van der Waals surface area contributed by atoms with E-state index in [1.54, 1.807) is 18.3 Å². The second-order valence-electron chi connectivity index (χ2n) is 5.65. The van der Waals surface area contributed by atoms with E-state index in [1.807, 2.05) is 41.8 Å². The van der Waals surface area contributed by atoms with Crippen molar-refractivity contribution >= 4 is 34.0 Å². The Morgan fingerprint density at radius 2 is 2.08 bits per heavy atom. The molecule has 0 fully saturated rings. The van der Waals surface area contributed by atoms with Crippen molar-refractivity contribution in [1.29, 1.82) is 0 Å². The van der Waals surface area contributed by atoms with Gasteiger partial charge in [-0.3, -0.25) is 9.59 Å². The molecule has 132 valence electrons. The van der Waals surface area contributed by atoms with Crippen LogP contribution in [0.15, 0.2) is 60.1 Å². The molecule has 2 heterocycles. The summed E-state index contributed by atoms with van der Waals surface area (Å²) in [4.78, 5) is 26.5. The standard InChI is InChI=1S/C11H11N3OS.C8H7NO/c12-9-3-1-2-8(6-9)7-10(15)14-11-13-4-5-16-11;10-8-7-4-2-1-3-6(7)5-9-8/h1-6H,7,12H2,(H,13,14,15);1-4H,5H2,(H,9,10). The van der Waals surface area contributed by atoms with Gasteiger partial charge in [-0.25, -0.2) is 4.98 Å². The summed E-state index contributed by atoms with van der Waals surface area (Å²) in [6, 6.07) is 14.9. The quantitative estimate of drug-likeness (QED) is 0.621. The number of aromatic nitrogens is 1. The Morgan fingerprint density at radius 3 is 2.81 bits per heavy atom. The number of rotatable bonds is 3. The largest absolute Gasteiger partial charge is 0.399 e. The summed E-state index contributed by atoms with van der Waals surface area (Å²) < 4.78 is 0. The molecule has 0 bridgehead atoms. The number of anilines is 2. The van der Waals surface area contributed by atoms with Gasteiger partial charge in [0.1, 0.15) is 0 Å². The molecule has 0 spiro atoms. The van der Waals surface area contributed by atoms with Gasteiger partial charge in [0.15, 0.2) is 5.13 Å². The van der Waals surface area contributed by atoms with Crippen molar-refractivity contribution in [3.63, 3.8) is 0 Å². The minimum atomic E-state index is -0.0828. The molecule has 3 aromatic rings. The molecule has 2 amide bonds. The molecule has 0 unspecified atom stereocenters. The summed E-state index contributed by atoms with van der Waals surface area (Å²) in [7, 11) is 0. The summed E-state index contributed by atoms with van der Waals surface area (Å²) in [5.41, 5.74) is 9.12. The minimum absolute atomic E-state index is 0.0515. The molecule has 4 rings (SSSR count). The number of benzene rings is 2. The predicted molar refractivity (Wildman–Crippen MR) is 103 cm³/mol. The minimum Gasteiger partial charge on any atom is -0.399 e. The fourth-order valence-electron chi connectivity index (χ4n) is 2.50. The van der Waals surface area contributed by atoms with E-state index in [4.69, 9.17) is 5.73 Å². The lowest BCUT2D eigenvalue weighted by molar-refractivity contribution is -0.115. The number of nitrogen functional groups attached to an aromatic ring is 1. The molecule has 0 saturated heterocycles. The maximum atomic E-state index is 11.6. The second-order valence-corrected chi connectivity index (χ2v) is 6.54. The van der Waals surface area contributed by atoms with E-state index in [2.05, 4.69) is 15.6 Å². The molecule has 4 N–H and O–H groups in total. The lowest BCUT2D eigenvalue weighted by atomic mass is 10.1. The van der Waals surface area contributed by atoms with Crippen molar-refractivity contribution in [3.8, 4) is 0 Å². The van der Waals surface area contributed by atoms with E-state index in [0.717, 1.165) is 16.7 Å². The van der Waals surface area contributed by atoms with Gasteiger partial charge in [0, 0.05) is 29.4 Å². The first-order valence-corrected chi connectivity index (χ1v) is 8.89. The van der Waals surface area contributed by atoms with Gasteiger partial charge in [-0.05, 0) is 29.3 Å². The highest BCUT2D eigenvalue weighted by Crippen LogP contribution is 2.13. The van der Waals surface area contributed by atoms with Gasteiger partial charge < -0.3 is 16.4 Å². The summed E-state index contributed by atoms with van der Waals surface area (Å²) in [6.45, 7) is 0.689. The summed E-state index contributed by atoms with van der Waals surface area (Å²) >= 11 is 1.40. The molecule has 1 aliphatic rings. The highest BCUT2D eigenvalue weighted by Gasteiger charge is 2.16. The molecule has 7 heteroatoms. The summed E-state index contributed by atoms with van der Waals surface area (Å²) in [6.07, 6.45) is 1.96. The Morgan fingerprint density at radius 1 is 1.23 bits per heavy atom. The van der Waals surface area contributed by atoms with Crippen LogP contribution in [-0.4, -0.2) is 16.8 Å². The van der Waals surface area contributed by atoms with Gasteiger partial charge in [-0.2, -0.15) is 0 Å². The lowest BCUT2D eigenvalue weighted by Gasteiger charge is -2.02.